The van der Waals surface area contributed by atoms with Gasteiger partial charge in [0.15, 0.2) is 0 Å². The fourth-order valence-electron chi connectivity index (χ4n) is 3.32. The molecule has 1 aromatic rings. The average Bonchev–Trinajstić information content (AvgIpc) is 2.94. The van der Waals surface area contributed by atoms with E-state index in [1.807, 2.05) is 18.2 Å². The zero-order chi connectivity index (χ0) is 17.2. The Balaban J connectivity index is 1.51. The number of carbonyl (C=O) groups excluding carboxylic acids is 1. The molecular formula is C16H23N3O4S. The number of ether oxygens (including phenoxy) is 1. The van der Waals surface area contributed by atoms with Crippen LogP contribution in [0, 0.1) is 0 Å². The molecule has 7 nitrogen and oxygen atoms in total. The maximum atomic E-state index is 11.8. The lowest BCUT2D eigenvalue weighted by atomic mass is 10.1. The highest BCUT2D eigenvalue weighted by Crippen LogP contribution is 2.30. The number of fused-ring (bicyclic) bond motifs is 1. The first-order valence-electron chi connectivity index (χ1n) is 8.05. The fourth-order valence-corrected chi connectivity index (χ4v) is 3.72. The smallest absolute Gasteiger partial charge is 0.235 e. The van der Waals surface area contributed by atoms with Crippen molar-refractivity contribution < 1.29 is 17.9 Å². The normalized spacial score (nSPS) is 27.6. The minimum absolute atomic E-state index is 0.0296. The molecule has 2 N–H and O–H groups in total. The van der Waals surface area contributed by atoms with Crippen LogP contribution in [-0.2, 0) is 19.6 Å². The molecule has 0 radical (unpaired) electrons. The van der Waals surface area contributed by atoms with Crippen LogP contribution in [0.15, 0.2) is 30.3 Å². The molecule has 0 unspecified atom stereocenters. The van der Waals surface area contributed by atoms with Crippen LogP contribution < -0.4 is 10.0 Å². The lowest BCUT2D eigenvalue weighted by Gasteiger charge is -2.35. The summed E-state index contributed by atoms with van der Waals surface area (Å²) in [4.78, 5) is 14.2. The molecule has 0 bridgehead atoms. The van der Waals surface area contributed by atoms with Crippen LogP contribution in [0.2, 0.25) is 0 Å². The van der Waals surface area contributed by atoms with Gasteiger partial charge in [0.1, 0.15) is 0 Å². The number of hydrogen-bond acceptors (Lipinski definition) is 5. The van der Waals surface area contributed by atoms with Gasteiger partial charge in [0, 0.05) is 25.2 Å². The molecule has 2 heterocycles. The molecule has 0 saturated carbocycles. The van der Waals surface area contributed by atoms with Gasteiger partial charge in [-0.25, -0.2) is 13.1 Å². The van der Waals surface area contributed by atoms with E-state index in [2.05, 4.69) is 27.1 Å². The summed E-state index contributed by atoms with van der Waals surface area (Å²) in [5, 5.41) is 2.90. The van der Waals surface area contributed by atoms with Crippen LogP contribution in [-0.4, -0.2) is 63.8 Å². The predicted molar refractivity (Wildman–Crippen MR) is 89.9 cm³/mol. The lowest BCUT2D eigenvalue weighted by molar-refractivity contribution is -0.120. The maximum Gasteiger partial charge on any atom is 0.235 e. The van der Waals surface area contributed by atoms with E-state index < -0.39 is 10.0 Å². The Kier molecular flexibility index (Phi) is 5.19. The molecule has 2 saturated heterocycles. The number of benzene rings is 1. The van der Waals surface area contributed by atoms with Gasteiger partial charge in [0.05, 0.1) is 25.5 Å². The highest BCUT2D eigenvalue weighted by molar-refractivity contribution is 7.88. The molecule has 2 aliphatic heterocycles. The number of sulfonamides is 1. The third-order valence-corrected chi connectivity index (χ3v) is 5.12. The van der Waals surface area contributed by atoms with Crippen molar-refractivity contribution in [1.29, 1.82) is 0 Å². The van der Waals surface area contributed by atoms with Gasteiger partial charge in [0.25, 0.3) is 0 Å². The van der Waals surface area contributed by atoms with Gasteiger partial charge < -0.3 is 10.1 Å². The highest BCUT2D eigenvalue weighted by atomic mass is 32.2. The van der Waals surface area contributed by atoms with Gasteiger partial charge in [-0.15, -0.1) is 0 Å². The standard InChI is InChI=1S/C16H23N3O4S/c1-24(21,22)17-8-16(20)18-13-7-14-11-23-15(10-19(14)9-13)12-5-3-2-4-6-12/h2-6,13-15,17H,7-11H2,1H3,(H,18,20)/t13-,14+,15-/m1/s1. The first kappa shape index (κ1) is 17.3. The summed E-state index contributed by atoms with van der Waals surface area (Å²) in [6.45, 7) is 2.00. The Hall–Kier alpha value is -1.48. The summed E-state index contributed by atoms with van der Waals surface area (Å²) in [5.41, 5.74) is 1.17. The lowest BCUT2D eigenvalue weighted by Crippen LogP contribution is -2.44. The zero-order valence-electron chi connectivity index (χ0n) is 13.6. The average molecular weight is 353 g/mol. The van der Waals surface area contributed by atoms with Crippen molar-refractivity contribution in [2.75, 3.05) is 32.5 Å². The van der Waals surface area contributed by atoms with E-state index in [4.69, 9.17) is 4.74 Å². The number of nitrogens with zero attached hydrogens (tertiary/aromatic N) is 1. The van der Waals surface area contributed by atoms with Crippen LogP contribution in [0.25, 0.3) is 0 Å². The Labute approximate surface area is 142 Å². The highest BCUT2D eigenvalue weighted by Gasteiger charge is 2.38. The van der Waals surface area contributed by atoms with E-state index in [-0.39, 0.29) is 24.6 Å². The first-order valence-corrected chi connectivity index (χ1v) is 9.94. The second-order valence-electron chi connectivity index (χ2n) is 6.43. The van der Waals surface area contributed by atoms with Crippen LogP contribution in [0.5, 0.6) is 0 Å². The van der Waals surface area contributed by atoms with Crippen molar-refractivity contribution in [3.8, 4) is 0 Å². The first-order chi connectivity index (χ1) is 11.4. The molecule has 3 rings (SSSR count). The number of amides is 1. The van der Waals surface area contributed by atoms with Gasteiger partial charge in [-0.2, -0.15) is 0 Å². The molecule has 2 fully saturated rings. The number of carbonyl (C=O) groups is 1. The molecule has 0 aromatic heterocycles. The third-order valence-electron chi connectivity index (χ3n) is 4.45. The quantitative estimate of drug-likeness (QED) is 0.770. The Morgan fingerprint density at radius 1 is 1.29 bits per heavy atom. The van der Waals surface area contributed by atoms with Crippen LogP contribution in [0.1, 0.15) is 18.1 Å². The van der Waals surface area contributed by atoms with E-state index in [9.17, 15) is 13.2 Å². The van der Waals surface area contributed by atoms with E-state index in [1.54, 1.807) is 0 Å². The summed E-state index contributed by atoms with van der Waals surface area (Å²) < 4.78 is 30.3. The van der Waals surface area contributed by atoms with E-state index >= 15 is 0 Å². The SMILES string of the molecule is CS(=O)(=O)NCC(=O)N[C@@H]1C[C@H]2CO[C@@H](c3ccccc3)CN2C1. The molecule has 3 atom stereocenters. The monoisotopic (exact) mass is 353 g/mol. The van der Waals surface area contributed by atoms with Gasteiger partial charge in [0.2, 0.25) is 15.9 Å². The Bertz CT molecular complexity index is 680. The van der Waals surface area contributed by atoms with Crippen molar-refractivity contribution in [2.24, 2.45) is 0 Å². The molecule has 24 heavy (non-hydrogen) atoms. The van der Waals surface area contributed by atoms with E-state index in [0.29, 0.717) is 12.6 Å². The largest absolute Gasteiger partial charge is 0.371 e. The second kappa shape index (κ2) is 7.18. The van der Waals surface area contributed by atoms with E-state index in [0.717, 1.165) is 25.8 Å². The Morgan fingerprint density at radius 3 is 2.75 bits per heavy atom. The molecule has 2 aliphatic rings. The van der Waals surface area contributed by atoms with Crippen LogP contribution >= 0.6 is 0 Å². The zero-order valence-corrected chi connectivity index (χ0v) is 14.5. The molecule has 0 spiro atoms. The third kappa shape index (κ3) is 4.54. The summed E-state index contributed by atoms with van der Waals surface area (Å²) in [6, 6.07) is 10.5. The number of nitrogens with one attached hydrogen (secondary N) is 2. The molecule has 8 heteroatoms. The van der Waals surface area contributed by atoms with Gasteiger partial charge in [-0.3, -0.25) is 9.69 Å². The number of rotatable bonds is 5. The summed E-state index contributed by atoms with van der Waals surface area (Å²) in [5.74, 6) is -0.300. The van der Waals surface area contributed by atoms with Crippen molar-refractivity contribution in [3.63, 3.8) is 0 Å². The molecule has 0 aliphatic carbocycles. The predicted octanol–water partition coefficient (Wildman–Crippen LogP) is -0.134. The summed E-state index contributed by atoms with van der Waals surface area (Å²) >= 11 is 0. The molecule has 1 amide bonds. The minimum Gasteiger partial charge on any atom is -0.371 e. The van der Waals surface area contributed by atoms with E-state index in [1.165, 1.54) is 5.56 Å². The van der Waals surface area contributed by atoms with Crippen LogP contribution in [0.4, 0.5) is 0 Å². The minimum atomic E-state index is -3.35. The Morgan fingerprint density at radius 2 is 2.04 bits per heavy atom. The van der Waals surface area contributed by atoms with Gasteiger partial charge >= 0.3 is 0 Å². The molecule has 1 aromatic carbocycles. The number of morpholine rings is 1. The van der Waals surface area contributed by atoms with Crippen molar-refractivity contribution >= 4 is 15.9 Å². The summed E-state index contributed by atoms with van der Waals surface area (Å²) in [6.07, 6.45) is 1.92. The van der Waals surface area contributed by atoms with Crippen molar-refractivity contribution in [3.05, 3.63) is 35.9 Å². The van der Waals surface area contributed by atoms with Crippen molar-refractivity contribution in [2.45, 2.75) is 24.6 Å². The number of hydrogen-bond donors (Lipinski definition) is 2. The maximum absolute atomic E-state index is 11.8. The second-order valence-corrected chi connectivity index (χ2v) is 8.27. The summed E-state index contributed by atoms with van der Waals surface area (Å²) in [7, 11) is -3.35. The van der Waals surface area contributed by atoms with Crippen LogP contribution in [0.3, 0.4) is 0 Å². The van der Waals surface area contributed by atoms with Gasteiger partial charge in [-0.1, -0.05) is 30.3 Å². The molecular weight excluding hydrogens is 330 g/mol. The van der Waals surface area contributed by atoms with Crippen molar-refractivity contribution in [1.82, 2.24) is 14.9 Å². The topological polar surface area (TPSA) is 87.7 Å². The molecule has 132 valence electrons. The fraction of sp³-hybridized carbons (Fsp3) is 0.562. The van der Waals surface area contributed by atoms with Gasteiger partial charge in [-0.05, 0) is 12.0 Å².